The number of anilines is 1. The Morgan fingerprint density at radius 3 is 2.60 bits per heavy atom. The molecule has 0 unspecified atom stereocenters. The van der Waals surface area contributed by atoms with Crippen LogP contribution in [0.2, 0.25) is 0 Å². The van der Waals surface area contributed by atoms with Crippen molar-refractivity contribution >= 4 is 11.6 Å². The summed E-state index contributed by atoms with van der Waals surface area (Å²) in [5.41, 5.74) is 6.70. The fourth-order valence-electron chi connectivity index (χ4n) is 1.94. The third-order valence-corrected chi connectivity index (χ3v) is 2.93. The summed E-state index contributed by atoms with van der Waals surface area (Å²) >= 11 is 0. The highest BCUT2D eigenvalue weighted by molar-refractivity contribution is 6.01. The molecule has 1 aromatic carbocycles. The zero-order valence-electron chi connectivity index (χ0n) is 12.3. The summed E-state index contributed by atoms with van der Waals surface area (Å²) in [6.07, 6.45) is 2.56. The molecule has 0 radical (unpaired) electrons. The molecule has 0 atom stereocenters. The van der Waals surface area contributed by atoms with E-state index >= 15 is 0 Å². The number of carbonyl (C=O) groups excluding carboxylic acids is 1. The summed E-state index contributed by atoms with van der Waals surface area (Å²) in [5.74, 6) is 0.818. The van der Waals surface area contributed by atoms with Crippen LogP contribution in [-0.4, -0.2) is 38.1 Å². The van der Waals surface area contributed by atoms with Crippen molar-refractivity contribution < 1.29 is 14.3 Å². The Balaban J connectivity index is 3.21. The Hall–Kier alpha value is -2.17. The molecule has 1 aromatic rings. The van der Waals surface area contributed by atoms with Gasteiger partial charge in [-0.2, -0.15) is 0 Å². The summed E-state index contributed by atoms with van der Waals surface area (Å²) in [4.78, 5) is 14.3. The molecule has 5 nitrogen and oxygen atoms in total. The summed E-state index contributed by atoms with van der Waals surface area (Å²) in [6.45, 7) is 6.81. The van der Waals surface area contributed by atoms with Gasteiger partial charge in [-0.05, 0) is 12.5 Å². The molecule has 0 fully saturated rings. The SMILES string of the molecule is C=CCN(CCC)C(=O)c1cc(OC)cc(OC)c1N. The molecule has 0 saturated carbocycles. The molecule has 1 amide bonds. The Bertz CT molecular complexity index is 486. The van der Waals surface area contributed by atoms with Crippen molar-refractivity contribution in [2.24, 2.45) is 0 Å². The number of hydrogen-bond acceptors (Lipinski definition) is 4. The minimum Gasteiger partial charge on any atom is -0.497 e. The van der Waals surface area contributed by atoms with Crippen molar-refractivity contribution in [1.29, 1.82) is 0 Å². The topological polar surface area (TPSA) is 64.8 Å². The van der Waals surface area contributed by atoms with Gasteiger partial charge >= 0.3 is 0 Å². The van der Waals surface area contributed by atoms with Gasteiger partial charge in [0, 0.05) is 19.2 Å². The Kier molecular flexibility index (Phi) is 5.90. The molecule has 0 bridgehead atoms. The van der Waals surface area contributed by atoms with Crippen LogP contribution in [0.1, 0.15) is 23.7 Å². The number of nitrogens with zero attached hydrogens (tertiary/aromatic N) is 1. The lowest BCUT2D eigenvalue weighted by Crippen LogP contribution is -2.32. The van der Waals surface area contributed by atoms with Crippen LogP contribution in [0, 0.1) is 0 Å². The first-order valence-corrected chi connectivity index (χ1v) is 6.50. The zero-order valence-corrected chi connectivity index (χ0v) is 12.3. The molecule has 0 aliphatic carbocycles. The second-order valence-electron chi connectivity index (χ2n) is 4.33. The van der Waals surface area contributed by atoms with Gasteiger partial charge in [0.1, 0.15) is 11.5 Å². The van der Waals surface area contributed by atoms with Gasteiger partial charge in [0.15, 0.2) is 0 Å². The van der Waals surface area contributed by atoms with E-state index in [2.05, 4.69) is 6.58 Å². The van der Waals surface area contributed by atoms with Gasteiger partial charge in [0.25, 0.3) is 5.91 Å². The number of benzene rings is 1. The van der Waals surface area contributed by atoms with Gasteiger partial charge in [0.2, 0.25) is 0 Å². The van der Waals surface area contributed by atoms with E-state index < -0.39 is 0 Å². The molecule has 0 aliphatic rings. The maximum Gasteiger partial charge on any atom is 0.256 e. The van der Waals surface area contributed by atoms with E-state index in [-0.39, 0.29) is 5.91 Å². The average molecular weight is 278 g/mol. The molecule has 0 spiro atoms. The van der Waals surface area contributed by atoms with Gasteiger partial charge in [-0.25, -0.2) is 0 Å². The molecule has 110 valence electrons. The Morgan fingerprint density at radius 1 is 1.40 bits per heavy atom. The average Bonchev–Trinajstić information content (AvgIpc) is 2.46. The normalized spacial score (nSPS) is 9.95. The fourth-order valence-corrected chi connectivity index (χ4v) is 1.94. The minimum atomic E-state index is -0.151. The number of carbonyl (C=O) groups is 1. The highest BCUT2D eigenvalue weighted by atomic mass is 16.5. The highest BCUT2D eigenvalue weighted by Gasteiger charge is 2.20. The largest absolute Gasteiger partial charge is 0.497 e. The number of amides is 1. The van der Waals surface area contributed by atoms with Gasteiger partial charge in [-0.15, -0.1) is 6.58 Å². The number of hydrogen-bond donors (Lipinski definition) is 1. The summed E-state index contributed by atoms with van der Waals surface area (Å²) in [6, 6.07) is 3.29. The van der Waals surface area contributed by atoms with Gasteiger partial charge in [0.05, 0.1) is 25.5 Å². The summed E-state index contributed by atoms with van der Waals surface area (Å²) < 4.78 is 10.4. The first kappa shape index (κ1) is 15.9. The molecular weight excluding hydrogens is 256 g/mol. The Morgan fingerprint density at radius 2 is 2.10 bits per heavy atom. The predicted molar refractivity (Wildman–Crippen MR) is 80.3 cm³/mol. The van der Waals surface area contributed by atoms with E-state index in [0.29, 0.717) is 35.8 Å². The second kappa shape index (κ2) is 7.43. The quantitative estimate of drug-likeness (QED) is 0.614. The van der Waals surface area contributed by atoms with Crippen LogP contribution in [0.4, 0.5) is 5.69 Å². The van der Waals surface area contributed by atoms with Gasteiger partial charge in [-0.3, -0.25) is 4.79 Å². The van der Waals surface area contributed by atoms with E-state index in [4.69, 9.17) is 15.2 Å². The van der Waals surface area contributed by atoms with Crippen LogP contribution in [0.15, 0.2) is 24.8 Å². The van der Waals surface area contributed by atoms with Gasteiger partial charge < -0.3 is 20.1 Å². The number of rotatable bonds is 7. The predicted octanol–water partition coefficient (Wildman–Crippen LogP) is 2.32. The van der Waals surface area contributed by atoms with E-state index in [1.165, 1.54) is 14.2 Å². The lowest BCUT2D eigenvalue weighted by molar-refractivity contribution is 0.0774. The maximum absolute atomic E-state index is 12.6. The summed E-state index contributed by atoms with van der Waals surface area (Å²) in [7, 11) is 3.04. The van der Waals surface area contributed by atoms with Crippen molar-refractivity contribution in [2.45, 2.75) is 13.3 Å². The molecule has 1 rings (SSSR count). The monoisotopic (exact) mass is 278 g/mol. The Labute approximate surface area is 120 Å². The van der Waals surface area contributed by atoms with E-state index in [1.54, 1.807) is 23.1 Å². The van der Waals surface area contributed by atoms with Crippen LogP contribution in [0.3, 0.4) is 0 Å². The van der Waals surface area contributed by atoms with Crippen LogP contribution in [0.25, 0.3) is 0 Å². The molecule has 0 saturated heterocycles. The maximum atomic E-state index is 12.6. The van der Waals surface area contributed by atoms with Crippen molar-refractivity contribution in [2.75, 3.05) is 33.0 Å². The van der Waals surface area contributed by atoms with Crippen molar-refractivity contribution in [3.63, 3.8) is 0 Å². The lowest BCUT2D eigenvalue weighted by Gasteiger charge is -2.22. The van der Waals surface area contributed by atoms with Crippen molar-refractivity contribution in [1.82, 2.24) is 4.90 Å². The molecule has 0 aliphatic heterocycles. The summed E-state index contributed by atoms with van der Waals surface area (Å²) in [5, 5.41) is 0. The molecule has 5 heteroatoms. The molecule has 2 N–H and O–H groups in total. The molecule has 20 heavy (non-hydrogen) atoms. The van der Waals surface area contributed by atoms with Crippen molar-refractivity contribution in [3.8, 4) is 11.5 Å². The zero-order chi connectivity index (χ0) is 15.1. The smallest absolute Gasteiger partial charge is 0.256 e. The molecule has 0 heterocycles. The highest BCUT2D eigenvalue weighted by Crippen LogP contribution is 2.31. The first-order chi connectivity index (χ1) is 9.58. The first-order valence-electron chi connectivity index (χ1n) is 6.50. The van der Waals surface area contributed by atoms with Crippen LogP contribution in [-0.2, 0) is 0 Å². The van der Waals surface area contributed by atoms with E-state index in [0.717, 1.165) is 6.42 Å². The molecular formula is C15H22N2O3. The number of methoxy groups -OCH3 is 2. The minimum absolute atomic E-state index is 0.151. The lowest BCUT2D eigenvalue weighted by atomic mass is 10.1. The van der Waals surface area contributed by atoms with E-state index in [9.17, 15) is 4.79 Å². The number of ether oxygens (including phenoxy) is 2. The molecule has 0 aromatic heterocycles. The van der Waals surface area contributed by atoms with Crippen LogP contribution in [0.5, 0.6) is 11.5 Å². The second-order valence-corrected chi connectivity index (χ2v) is 4.33. The van der Waals surface area contributed by atoms with Crippen LogP contribution < -0.4 is 15.2 Å². The third-order valence-electron chi connectivity index (χ3n) is 2.93. The number of nitrogens with two attached hydrogens (primary N) is 1. The van der Waals surface area contributed by atoms with E-state index in [1.807, 2.05) is 6.92 Å². The standard InChI is InChI=1S/C15H22N2O3/c1-5-7-17(8-6-2)15(18)12-9-11(19-3)10-13(20-4)14(12)16/h5,9-10H,1,6-8,16H2,2-4H3. The van der Waals surface area contributed by atoms with Gasteiger partial charge in [-0.1, -0.05) is 13.0 Å². The van der Waals surface area contributed by atoms with Crippen molar-refractivity contribution in [3.05, 3.63) is 30.4 Å². The fraction of sp³-hybridized carbons (Fsp3) is 0.400. The number of nitrogen functional groups attached to an aromatic ring is 1. The third kappa shape index (κ3) is 3.44. The van der Waals surface area contributed by atoms with Crippen LogP contribution >= 0.6 is 0 Å².